The van der Waals surface area contributed by atoms with E-state index < -0.39 is 5.91 Å². The van der Waals surface area contributed by atoms with Crippen molar-refractivity contribution in [1.82, 2.24) is 15.1 Å². The Morgan fingerprint density at radius 2 is 2.25 bits per heavy atom. The first-order chi connectivity index (χ1) is 9.61. The van der Waals surface area contributed by atoms with Crippen LogP contribution in [0.3, 0.4) is 0 Å². The van der Waals surface area contributed by atoms with E-state index >= 15 is 0 Å². The minimum absolute atomic E-state index is 0.298. The lowest BCUT2D eigenvalue weighted by Crippen LogP contribution is -2.15. The number of nitrogens with one attached hydrogen (secondary N) is 1. The number of rotatable bonds is 5. The Balaban J connectivity index is 1.84. The maximum absolute atomic E-state index is 13.7. The summed E-state index contributed by atoms with van der Waals surface area (Å²) in [6, 6.07) is 5.28. The Morgan fingerprint density at radius 1 is 1.45 bits per heavy atom. The summed E-state index contributed by atoms with van der Waals surface area (Å²) in [5, 5.41) is 7.36. The van der Waals surface area contributed by atoms with E-state index in [0.29, 0.717) is 23.8 Å². The minimum atomic E-state index is -0.553. The van der Waals surface area contributed by atoms with Crippen molar-refractivity contribution in [3.8, 4) is 5.69 Å². The molecule has 20 heavy (non-hydrogen) atoms. The number of benzene rings is 1. The maximum Gasteiger partial charge on any atom is 0.251 e. The third kappa shape index (κ3) is 2.85. The van der Waals surface area contributed by atoms with Crippen LogP contribution in [-0.4, -0.2) is 21.7 Å². The highest BCUT2D eigenvalue weighted by atomic mass is 19.1. The lowest BCUT2D eigenvalue weighted by Gasteiger charge is -2.07. The largest absolute Gasteiger partial charge is 0.366 e. The van der Waals surface area contributed by atoms with Gasteiger partial charge >= 0.3 is 0 Å². The average molecular weight is 274 g/mol. The predicted molar refractivity (Wildman–Crippen MR) is 71.9 cm³/mol. The molecule has 0 atom stereocenters. The number of halogens is 1. The molecular formula is C14H15FN4O. The van der Waals surface area contributed by atoms with Crippen LogP contribution in [0.15, 0.2) is 30.6 Å². The molecule has 1 aliphatic carbocycles. The summed E-state index contributed by atoms with van der Waals surface area (Å²) in [5.74, 6) is -0.880. The second-order valence-electron chi connectivity index (χ2n) is 5.01. The van der Waals surface area contributed by atoms with E-state index in [1.807, 2.05) is 6.07 Å². The summed E-state index contributed by atoms with van der Waals surface area (Å²) in [7, 11) is 0. The zero-order chi connectivity index (χ0) is 14.1. The van der Waals surface area contributed by atoms with E-state index in [9.17, 15) is 9.18 Å². The SMILES string of the molecule is NC(=O)c1cnn(-c2cc(F)cc(CNC3CC3)c2)c1. The molecule has 0 bridgehead atoms. The second-order valence-corrected chi connectivity index (χ2v) is 5.01. The predicted octanol–water partition coefficient (Wildman–Crippen LogP) is 1.36. The molecule has 1 aromatic heterocycles. The van der Waals surface area contributed by atoms with Gasteiger partial charge in [-0.1, -0.05) is 0 Å². The molecule has 3 rings (SSSR count). The van der Waals surface area contributed by atoms with Gasteiger partial charge < -0.3 is 11.1 Å². The Bertz CT molecular complexity index is 648. The van der Waals surface area contributed by atoms with Gasteiger partial charge in [-0.05, 0) is 36.6 Å². The van der Waals surface area contributed by atoms with Gasteiger partial charge in [0.15, 0.2) is 0 Å². The number of nitrogens with zero attached hydrogens (tertiary/aromatic N) is 2. The first kappa shape index (κ1) is 12.8. The van der Waals surface area contributed by atoms with Crippen LogP contribution in [-0.2, 0) is 6.54 Å². The molecule has 6 heteroatoms. The molecule has 1 heterocycles. The molecule has 0 aliphatic heterocycles. The fourth-order valence-electron chi connectivity index (χ4n) is 2.01. The Labute approximate surface area is 115 Å². The summed E-state index contributed by atoms with van der Waals surface area (Å²) in [5.41, 5.74) is 6.90. The Hall–Kier alpha value is -2.21. The van der Waals surface area contributed by atoms with Crippen molar-refractivity contribution in [3.63, 3.8) is 0 Å². The molecule has 0 unspecified atom stereocenters. The van der Waals surface area contributed by atoms with Crippen LogP contribution in [0.1, 0.15) is 28.8 Å². The van der Waals surface area contributed by atoms with Gasteiger partial charge in [-0.25, -0.2) is 9.07 Å². The highest BCUT2D eigenvalue weighted by molar-refractivity contribution is 5.92. The van der Waals surface area contributed by atoms with Crippen LogP contribution in [0.5, 0.6) is 0 Å². The zero-order valence-corrected chi connectivity index (χ0v) is 10.8. The summed E-state index contributed by atoms with van der Waals surface area (Å²) in [4.78, 5) is 11.0. The Morgan fingerprint density at radius 3 is 2.90 bits per heavy atom. The van der Waals surface area contributed by atoms with Crippen molar-refractivity contribution in [2.75, 3.05) is 0 Å². The fourth-order valence-corrected chi connectivity index (χ4v) is 2.01. The van der Waals surface area contributed by atoms with E-state index in [1.165, 1.54) is 42.0 Å². The van der Waals surface area contributed by atoms with E-state index in [0.717, 1.165) is 5.56 Å². The van der Waals surface area contributed by atoms with Crippen molar-refractivity contribution in [2.24, 2.45) is 5.73 Å². The molecule has 1 aliphatic rings. The van der Waals surface area contributed by atoms with Crippen LogP contribution in [0.25, 0.3) is 5.69 Å². The number of hydrogen-bond donors (Lipinski definition) is 2. The summed E-state index contributed by atoms with van der Waals surface area (Å²) < 4.78 is 15.1. The van der Waals surface area contributed by atoms with Gasteiger partial charge in [0.1, 0.15) is 5.82 Å². The molecule has 5 nitrogen and oxygen atoms in total. The lowest BCUT2D eigenvalue weighted by molar-refractivity contribution is 0.100. The molecule has 3 N–H and O–H groups in total. The van der Waals surface area contributed by atoms with Crippen LogP contribution in [0.2, 0.25) is 0 Å². The highest BCUT2D eigenvalue weighted by Gasteiger charge is 2.20. The van der Waals surface area contributed by atoms with Crippen LogP contribution in [0.4, 0.5) is 4.39 Å². The number of primary amides is 1. The van der Waals surface area contributed by atoms with Crippen molar-refractivity contribution in [3.05, 3.63) is 47.5 Å². The van der Waals surface area contributed by atoms with Gasteiger partial charge in [-0.2, -0.15) is 5.10 Å². The van der Waals surface area contributed by atoms with Crippen molar-refractivity contribution in [1.29, 1.82) is 0 Å². The molecule has 1 aromatic carbocycles. The van der Waals surface area contributed by atoms with Gasteiger partial charge in [0.05, 0.1) is 17.4 Å². The lowest BCUT2D eigenvalue weighted by atomic mass is 10.2. The minimum Gasteiger partial charge on any atom is -0.366 e. The zero-order valence-electron chi connectivity index (χ0n) is 10.8. The molecule has 104 valence electrons. The van der Waals surface area contributed by atoms with Gasteiger partial charge in [0, 0.05) is 18.8 Å². The monoisotopic (exact) mass is 274 g/mol. The number of amides is 1. The number of nitrogens with two attached hydrogens (primary N) is 1. The number of aromatic nitrogens is 2. The quantitative estimate of drug-likeness (QED) is 0.864. The van der Waals surface area contributed by atoms with Gasteiger partial charge in [0.2, 0.25) is 0 Å². The number of hydrogen-bond acceptors (Lipinski definition) is 3. The standard InChI is InChI=1S/C14H15FN4O/c15-11-3-9(6-17-12-1-2-12)4-13(5-11)19-8-10(7-18-19)14(16)20/h3-5,7-8,12,17H,1-2,6H2,(H2,16,20). The van der Waals surface area contributed by atoms with Crippen molar-refractivity contribution >= 4 is 5.91 Å². The molecule has 1 amide bonds. The van der Waals surface area contributed by atoms with Crippen LogP contribution >= 0.6 is 0 Å². The van der Waals surface area contributed by atoms with Gasteiger partial charge in [-0.3, -0.25) is 4.79 Å². The first-order valence-electron chi connectivity index (χ1n) is 6.49. The molecule has 0 saturated heterocycles. The third-order valence-corrected chi connectivity index (χ3v) is 3.25. The normalized spacial score (nSPS) is 14.4. The molecule has 1 fully saturated rings. The number of carbonyl (C=O) groups excluding carboxylic acids is 1. The third-order valence-electron chi connectivity index (χ3n) is 3.25. The van der Waals surface area contributed by atoms with E-state index in [-0.39, 0.29) is 5.82 Å². The first-order valence-corrected chi connectivity index (χ1v) is 6.49. The second kappa shape index (κ2) is 5.05. The van der Waals surface area contributed by atoms with Crippen molar-refractivity contribution < 1.29 is 9.18 Å². The summed E-state index contributed by atoms with van der Waals surface area (Å²) in [6.07, 6.45) is 5.23. The van der Waals surface area contributed by atoms with Gasteiger partial charge in [-0.15, -0.1) is 0 Å². The maximum atomic E-state index is 13.7. The van der Waals surface area contributed by atoms with Crippen molar-refractivity contribution in [2.45, 2.75) is 25.4 Å². The molecule has 0 radical (unpaired) electrons. The van der Waals surface area contributed by atoms with E-state index in [4.69, 9.17) is 5.73 Å². The Kier molecular flexibility index (Phi) is 3.23. The summed E-state index contributed by atoms with van der Waals surface area (Å²) >= 11 is 0. The van der Waals surface area contributed by atoms with E-state index in [1.54, 1.807) is 0 Å². The average Bonchev–Trinajstić information content (AvgIpc) is 3.09. The number of carbonyl (C=O) groups is 1. The van der Waals surface area contributed by atoms with Crippen LogP contribution < -0.4 is 11.1 Å². The van der Waals surface area contributed by atoms with E-state index in [2.05, 4.69) is 10.4 Å². The fraction of sp³-hybridized carbons (Fsp3) is 0.286. The molecular weight excluding hydrogens is 259 g/mol. The molecule has 0 spiro atoms. The molecule has 1 saturated carbocycles. The highest BCUT2D eigenvalue weighted by Crippen LogP contribution is 2.20. The summed E-state index contributed by atoms with van der Waals surface area (Å²) in [6.45, 7) is 0.624. The van der Waals surface area contributed by atoms with Crippen LogP contribution in [0, 0.1) is 5.82 Å². The topological polar surface area (TPSA) is 72.9 Å². The smallest absolute Gasteiger partial charge is 0.251 e. The molecule has 2 aromatic rings. The van der Waals surface area contributed by atoms with Gasteiger partial charge in [0.25, 0.3) is 5.91 Å².